The second kappa shape index (κ2) is 5.40. The highest BCUT2D eigenvalue weighted by atomic mass is 32.2. The van der Waals surface area contributed by atoms with Crippen molar-refractivity contribution in [2.75, 3.05) is 12.4 Å². The maximum Gasteiger partial charge on any atom is 0.308 e. The molecule has 92 valence electrons. The van der Waals surface area contributed by atoms with Gasteiger partial charge in [0.05, 0.1) is 5.92 Å². The standard InChI is InChI=1S/C9H14O6S/c10-8-3-1-7(2-4-8)9(11)15-5-6-16(12,13)14/h7H,1-6H2,(H,12,13,14). The molecule has 1 rings (SSSR count). The van der Waals surface area contributed by atoms with Crippen molar-refractivity contribution >= 4 is 21.9 Å². The van der Waals surface area contributed by atoms with Crippen LogP contribution in [0.25, 0.3) is 0 Å². The van der Waals surface area contributed by atoms with Crippen LogP contribution in [0.4, 0.5) is 0 Å². The maximum absolute atomic E-state index is 11.4. The number of hydrogen-bond acceptors (Lipinski definition) is 5. The monoisotopic (exact) mass is 250 g/mol. The van der Waals surface area contributed by atoms with E-state index in [1.165, 1.54) is 0 Å². The van der Waals surface area contributed by atoms with E-state index in [-0.39, 0.29) is 18.3 Å². The molecule has 0 aromatic rings. The lowest BCUT2D eigenvalue weighted by Gasteiger charge is -2.18. The van der Waals surface area contributed by atoms with Crippen LogP contribution in [0.1, 0.15) is 25.7 Å². The zero-order chi connectivity index (χ0) is 12.2. The lowest BCUT2D eigenvalue weighted by atomic mass is 9.88. The average molecular weight is 250 g/mol. The van der Waals surface area contributed by atoms with Gasteiger partial charge in [-0.25, -0.2) is 0 Å². The molecule has 0 amide bonds. The van der Waals surface area contributed by atoms with Gasteiger partial charge in [0, 0.05) is 12.8 Å². The molecule has 0 aromatic carbocycles. The van der Waals surface area contributed by atoms with Gasteiger partial charge in [-0.1, -0.05) is 0 Å². The van der Waals surface area contributed by atoms with E-state index in [4.69, 9.17) is 9.29 Å². The summed E-state index contributed by atoms with van der Waals surface area (Å²) in [6.45, 7) is -0.345. The lowest BCUT2D eigenvalue weighted by Crippen LogP contribution is -2.25. The van der Waals surface area contributed by atoms with Gasteiger partial charge in [-0.15, -0.1) is 0 Å². The highest BCUT2D eigenvalue weighted by Gasteiger charge is 2.26. The van der Waals surface area contributed by atoms with E-state index in [1.807, 2.05) is 0 Å². The molecule has 0 radical (unpaired) electrons. The van der Waals surface area contributed by atoms with E-state index < -0.39 is 21.8 Å². The number of Topliss-reactive ketones (excluding diaryl/α,β-unsaturated/α-hetero) is 1. The van der Waals surface area contributed by atoms with E-state index in [0.717, 1.165) is 0 Å². The number of ether oxygens (including phenoxy) is 1. The predicted octanol–water partition coefficient (Wildman–Crippen LogP) is 0.177. The molecule has 16 heavy (non-hydrogen) atoms. The summed E-state index contributed by atoms with van der Waals surface area (Å²) >= 11 is 0. The summed E-state index contributed by atoms with van der Waals surface area (Å²) in [5.74, 6) is -1.26. The zero-order valence-electron chi connectivity index (χ0n) is 8.72. The van der Waals surface area contributed by atoms with E-state index >= 15 is 0 Å². The first-order chi connectivity index (χ1) is 7.38. The van der Waals surface area contributed by atoms with Crippen molar-refractivity contribution in [1.29, 1.82) is 0 Å². The SMILES string of the molecule is O=C1CCC(C(=O)OCCS(=O)(=O)O)CC1. The Labute approximate surface area is 93.7 Å². The molecule has 0 spiro atoms. The summed E-state index contributed by atoms with van der Waals surface area (Å²) in [6, 6.07) is 0. The molecule has 1 fully saturated rings. The van der Waals surface area contributed by atoms with Gasteiger partial charge in [-0.05, 0) is 12.8 Å². The van der Waals surface area contributed by atoms with Crippen LogP contribution in [0.5, 0.6) is 0 Å². The quantitative estimate of drug-likeness (QED) is 0.564. The van der Waals surface area contributed by atoms with Crippen LogP contribution in [0.15, 0.2) is 0 Å². The minimum atomic E-state index is -4.09. The van der Waals surface area contributed by atoms with E-state index in [2.05, 4.69) is 0 Å². The van der Waals surface area contributed by atoms with Gasteiger partial charge >= 0.3 is 5.97 Å². The third kappa shape index (κ3) is 4.71. The molecule has 0 aliphatic heterocycles. The second-order valence-electron chi connectivity index (χ2n) is 3.77. The molecule has 0 heterocycles. The van der Waals surface area contributed by atoms with E-state index in [9.17, 15) is 18.0 Å². The third-order valence-electron chi connectivity index (χ3n) is 2.46. The van der Waals surface area contributed by atoms with Crippen molar-refractivity contribution in [3.8, 4) is 0 Å². The highest BCUT2D eigenvalue weighted by molar-refractivity contribution is 7.85. The first kappa shape index (κ1) is 13.1. The predicted molar refractivity (Wildman–Crippen MR) is 54.3 cm³/mol. The first-order valence-corrected chi connectivity index (χ1v) is 6.63. The topological polar surface area (TPSA) is 97.7 Å². The minimum absolute atomic E-state index is 0.141. The fourth-order valence-electron chi connectivity index (χ4n) is 1.54. The lowest BCUT2D eigenvalue weighted by molar-refractivity contribution is -0.149. The number of esters is 1. The zero-order valence-corrected chi connectivity index (χ0v) is 9.53. The van der Waals surface area contributed by atoms with Crippen LogP contribution < -0.4 is 0 Å². The van der Waals surface area contributed by atoms with Gasteiger partial charge in [0.2, 0.25) is 0 Å². The fraction of sp³-hybridized carbons (Fsp3) is 0.778. The average Bonchev–Trinajstić information content (AvgIpc) is 2.16. The second-order valence-corrected chi connectivity index (χ2v) is 5.34. The fourth-order valence-corrected chi connectivity index (χ4v) is 1.83. The molecule has 1 saturated carbocycles. The number of rotatable bonds is 4. The summed E-state index contributed by atoms with van der Waals surface area (Å²) in [5.41, 5.74) is 0. The number of carbonyl (C=O) groups excluding carboxylic acids is 2. The Morgan fingerprint density at radius 3 is 2.44 bits per heavy atom. The summed E-state index contributed by atoms with van der Waals surface area (Å²) in [7, 11) is -4.09. The molecular formula is C9H14O6S. The van der Waals surface area contributed by atoms with Gasteiger partial charge in [0.25, 0.3) is 10.1 Å². The molecule has 7 heteroatoms. The third-order valence-corrected chi connectivity index (χ3v) is 3.14. The molecule has 1 aliphatic rings. The number of hydrogen-bond donors (Lipinski definition) is 1. The minimum Gasteiger partial charge on any atom is -0.464 e. The Hall–Kier alpha value is -0.950. The Morgan fingerprint density at radius 2 is 1.94 bits per heavy atom. The Balaban J connectivity index is 2.28. The molecule has 1 N–H and O–H groups in total. The van der Waals surface area contributed by atoms with Crippen LogP contribution in [0.3, 0.4) is 0 Å². The Bertz CT molecular complexity index is 361. The normalized spacial score (nSPS) is 18.4. The summed E-state index contributed by atoms with van der Waals surface area (Å²) in [5, 5.41) is 0. The summed E-state index contributed by atoms with van der Waals surface area (Å²) in [6.07, 6.45) is 1.67. The van der Waals surface area contributed by atoms with Crippen molar-refractivity contribution in [3.63, 3.8) is 0 Å². The number of carbonyl (C=O) groups is 2. The van der Waals surface area contributed by atoms with E-state index in [1.54, 1.807) is 0 Å². The molecule has 0 aromatic heterocycles. The number of ketones is 1. The molecule has 1 aliphatic carbocycles. The van der Waals surface area contributed by atoms with Crippen LogP contribution in [-0.2, 0) is 24.4 Å². The van der Waals surface area contributed by atoms with Crippen LogP contribution >= 0.6 is 0 Å². The van der Waals surface area contributed by atoms with Crippen LogP contribution in [0.2, 0.25) is 0 Å². The largest absolute Gasteiger partial charge is 0.464 e. The van der Waals surface area contributed by atoms with Crippen molar-refractivity contribution < 1.29 is 27.3 Å². The molecule has 0 saturated heterocycles. The van der Waals surface area contributed by atoms with Gasteiger partial charge in [0.15, 0.2) is 0 Å². The van der Waals surface area contributed by atoms with Gasteiger partial charge in [-0.3, -0.25) is 14.1 Å². The van der Waals surface area contributed by atoms with Crippen molar-refractivity contribution in [3.05, 3.63) is 0 Å². The molecule has 0 bridgehead atoms. The van der Waals surface area contributed by atoms with Gasteiger partial charge in [0.1, 0.15) is 18.1 Å². The van der Waals surface area contributed by atoms with Crippen LogP contribution in [0, 0.1) is 5.92 Å². The molecular weight excluding hydrogens is 236 g/mol. The van der Waals surface area contributed by atoms with Crippen molar-refractivity contribution in [2.45, 2.75) is 25.7 Å². The maximum atomic E-state index is 11.4. The summed E-state index contributed by atoms with van der Waals surface area (Å²) < 4.78 is 33.8. The van der Waals surface area contributed by atoms with Crippen molar-refractivity contribution in [2.24, 2.45) is 5.92 Å². The van der Waals surface area contributed by atoms with Gasteiger partial charge in [-0.2, -0.15) is 8.42 Å². The molecule has 0 atom stereocenters. The molecule has 6 nitrogen and oxygen atoms in total. The highest BCUT2D eigenvalue weighted by Crippen LogP contribution is 2.22. The van der Waals surface area contributed by atoms with Crippen LogP contribution in [-0.4, -0.2) is 37.1 Å². The van der Waals surface area contributed by atoms with Crippen molar-refractivity contribution in [1.82, 2.24) is 0 Å². The smallest absolute Gasteiger partial charge is 0.308 e. The van der Waals surface area contributed by atoms with Gasteiger partial charge < -0.3 is 4.74 Å². The molecule has 0 unspecified atom stereocenters. The Morgan fingerprint density at radius 1 is 1.38 bits per heavy atom. The van der Waals surface area contributed by atoms with E-state index in [0.29, 0.717) is 25.7 Å². The Kier molecular flexibility index (Phi) is 4.43. The summed E-state index contributed by atoms with van der Waals surface area (Å²) in [4.78, 5) is 22.3. The first-order valence-electron chi connectivity index (χ1n) is 5.02.